The fourth-order valence-corrected chi connectivity index (χ4v) is 5.06. The molecule has 0 aliphatic carbocycles. The highest BCUT2D eigenvalue weighted by Gasteiger charge is 2.49. The van der Waals surface area contributed by atoms with Crippen LogP contribution in [0.2, 0.25) is 0 Å². The van der Waals surface area contributed by atoms with Crippen LogP contribution in [0.25, 0.3) is 10.2 Å². The predicted molar refractivity (Wildman–Crippen MR) is 81.7 cm³/mol. The van der Waals surface area contributed by atoms with E-state index >= 15 is 0 Å². The van der Waals surface area contributed by atoms with Crippen LogP contribution in [0, 0.1) is 11.8 Å². The summed E-state index contributed by atoms with van der Waals surface area (Å²) < 4.78 is 55.3. The van der Waals surface area contributed by atoms with Gasteiger partial charge in [-0.2, -0.15) is 4.31 Å². The van der Waals surface area contributed by atoms with E-state index in [-0.39, 0.29) is 18.0 Å². The molecule has 1 aliphatic heterocycles. The first kappa shape index (κ1) is 15.8. The van der Waals surface area contributed by atoms with E-state index in [2.05, 4.69) is 4.98 Å². The van der Waals surface area contributed by atoms with Crippen molar-refractivity contribution in [2.24, 2.45) is 11.8 Å². The number of halogens is 2. The molecule has 2 atom stereocenters. The number of fused-ring (bicyclic) bond motifs is 1. The topological polar surface area (TPSA) is 50.3 Å². The van der Waals surface area contributed by atoms with Gasteiger partial charge in [-0.1, -0.05) is 13.8 Å². The molecule has 1 aromatic carbocycles. The van der Waals surface area contributed by atoms with Gasteiger partial charge < -0.3 is 0 Å². The van der Waals surface area contributed by atoms with Crippen LogP contribution in [0.1, 0.15) is 13.8 Å². The van der Waals surface area contributed by atoms with Crippen molar-refractivity contribution in [3.63, 3.8) is 0 Å². The van der Waals surface area contributed by atoms with Crippen molar-refractivity contribution in [1.29, 1.82) is 0 Å². The van der Waals surface area contributed by atoms with E-state index in [1.54, 1.807) is 11.6 Å². The maximum absolute atomic E-state index is 13.9. The second-order valence-corrected chi connectivity index (χ2v) is 8.60. The molecular formula is C14H16F2N2O2S2. The molecule has 0 saturated carbocycles. The summed E-state index contributed by atoms with van der Waals surface area (Å²) in [4.78, 5) is 4.21. The highest BCUT2D eigenvalue weighted by atomic mass is 32.2. The number of hydrogen-bond donors (Lipinski definition) is 0. The monoisotopic (exact) mass is 346 g/mol. The minimum Gasteiger partial charge on any atom is -0.245 e. The van der Waals surface area contributed by atoms with Crippen LogP contribution in [0.3, 0.4) is 0 Å². The third kappa shape index (κ3) is 2.43. The van der Waals surface area contributed by atoms with Gasteiger partial charge in [-0.15, -0.1) is 11.3 Å². The highest BCUT2D eigenvalue weighted by Crippen LogP contribution is 2.39. The lowest BCUT2D eigenvalue weighted by Gasteiger charge is -2.40. The molecule has 0 spiro atoms. The summed E-state index contributed by atoms with van der Waals surface area (Å²) >= 11 is 1.42. The van der Waals surface area contributed by atoms with E-state index in [1.165, 1.54) is 37.3 Å². The van der Waals surface area contributed by atoms with Crippen molar-refractivity contribution in [3.05, 3.63) is 23.7 Å². The van der Waals surface area contributed by atoms with Crippen LogP contribution < -0.4 is 0 Å². The van der Waals surface area contributed by atoms with Crippen LogP contribution in [0.4, 0.5) is 8.78 Å². The molecular weight excluding hydrogens is 330 g/mol. The summed E-state index contributed by atoms with van der Waals surface area (Å²) in [6, 6.07) is 4.71. The summed E-state index contributed by atoms with van der Waals surface area (Å²) in [5.41, 5.74) is 2.25. The van der Waals surface area contributed by atoms with Crippen molar-refractivity contribution in [2.75, 3.05) is 13.1 Å². The average Bonchev–Trinajstić information content (AvgIpc) is 2.92. The molecule has 0 N–H and O–H groups in total. The molecule has 0 bridgehead atoms. The second kappa shape index (κ2) is 5.21. The molecule has 22 heavy (non-hydrogen) atoms. The van der Waals surface area contributed by atoms with Gasteiger partial charge in [-0.05, 0) is 18.2 Å². The first-order valence-electron chi connectivity index (χ1n) is 6.94. The number of hydrogen-bond acceptors (Lipinski definition) is 4. The molecule has 4 nitrogen and oxygen atoms in total. The predicted octanol–water partition coefficient (Wildman–Crippen LogP) is 3.21. The van der Waals surface area contributed by atoms with E-state index in [0.717, 1.165) is 9.01 Å². The number of piperidine rings is 1. The quantitative estimate of drug-likeness (QED) is 0.839. The van der Waals surface area contributed by atoms with Crippen molar-refractivity contribution >= 4 is 31.6 Å². The molecule has 1 aromatic heterocycles. The molecule has 1 fully saturated rings. The Morgan fingerprint density at radius 1 is 1.27 bits per heavy atom. The van der Waals surface area contributed by atoms with Gasteiger partial charge in [0.15, 0.2) is 0 Å². The van der Waals surface area contributed by atoms with Gasteiger partial charge >= 0.3 is 0 Å². The lowest BCUT2D eigenvalue weighted by atomic mass is 9.88. The number of nitrogens with zero attached hydrogens (tertiary/aromatic N) is 2. The fourth-order valence-electron chi connectivity index (χ4n) is 2.76. The van der Waals surface area contributed by atoms with Crippen molar-refractivity contribution in [1.82, 2.24) is 9.29 Å². The van der Waals surface area contributed by atoms with E-state index in [0.29, 0.717) is 5.52 Å². The number of thiazole rings is 1. The molecule has 0 amide bonds. The minimum absolute atomic E-state index is 0.107. The molecule has 120 valence electrons. The number of aromatic nitrogens is 1. The van der Waals surface area contributed by atoms with E-state index in [4.69, 9.17) is 0 Å². The number of alkyl halides is 2. The Morgan fingerprint density at radius 2 is 1.91 bits per heavy atom. The lowest BCUT2D eigenvalue weighted by Crippen LogP contribution is -2.53. The van der Waals surface area contributed by atoms with Crippen LogP contribution in [-0.4, -0.2) is 36.7 Å². The first-order chi connectivity index (χ1) is 10.2. The lowest BCUT2D eigenvalue weighted by molar-refractivity contribution is -0.126. The molecule has 1 saturated heterocycles. The third-order valence-electron chi connectivity index (χ3n) is 4.21. The Bertz CT molecular complexity index is 790. The Hall–Kier alpha value is -1.12. The molecule has 2 aromatic rings. The summed E-state index contributed by atoms with van der Waals surface area (Å²) in [6.07, 6.45) is 0. The Labute approximate surface area is 131 Å². The molecule has 0 unspecified atom stereocenters. The summed E-state index contributed by atoms with van der Waals surface area (Å²) in [7, 11) is -3.78. The van der Waals surface area contributed by atoms with Crippen LogP contribution in [0.5, 0.6) is 0 Å². The zero-order valence-corrected chi connectivity index (χ0v) is 13.8. The number of rotatable bonds is 2. The van der Waals surface area contributed by atoms with Gasteiger partial charge in [-0.25, -0.2) is 22.2 Å². The maximum Gasteiger partial charge on any atom is 0.255 e. The highest BCUT2D eigenvalue weighted by molar-refractivity contribution is 7.89. The molecule has 1 aliphatic rings. The molecule has 3 rings (SSSR count). The van der Waals surface area contributed by atoms with E-state index in [9.17, 15) is 17.2 Å². The van der Waals surface area contributed by atoms with Gasteiger partial charge in [-0.3, -0.25) is 0 Å². The number of benzene rings is 1. The summed E-state index contributed by atoms with van der Waals surface area (Å²) in [5.74, 6) is -4.85. The van der Waals surface area contributed by atoms with Gasteiger partial charge in [0.05, 0.1) is 20.6 Å². The first-order valence-corrected chi connectivity index (χ1v) is 9.26. The van der Waals surface area contributed by atoms with Gasteiger partial charge in [0.1, 0.15) is 0 Å². The molecule has 0 radical (unpaired) electrons. The average molecular weight is 346 g/mol. The van der Waals surface area contributed by atoms with Crippen molar-refractivity contribution in [2.45, 2.75) is 24.7 Å². The molecule has 8 heteroatoms. The van der Waals surface area contributed by atoms with Gasteiger partial charge in [0, 0.05) is 24.9 Å². The standard InChI is InChI=1S/C14H16F2N2O2S2/c1-9-6-18(7-10(2)14(9,15)16)22(19,20)11-3-4-13-12(5-11)17-8-21-13/h3-5,8-10H,6-7H2,1-2H3/t9-,10+. The summed E-state index contributed by atoms with van der Waals surface area (Å²) in [5, 5.41) is 0. The Balaban J connectivity index is 1.96. The van der Waals surface area contributed by atoms with Crippen molar-refractivity contribution < 1.29 is 17.2 Å². The van der Waals surface area contributed by atoms with Crippen LogP contribution in [-0.2, 0) is 10.0 Å². The summed E-state index contributed by atoms with van der Waals surface area (Å²) in [6.45, 7) is 2.44. The zero-order chi connectivity index (χ0) is 16.1. The second-order valence-electron chi connectivity index (χ2n) is 5.78. The Morgan fingerprint density at radius 3 is 2.55 bits per heavy atom. The minimum atomic E-state index is -3.78. The zero-order valence-electron chi connectivity index (χ0n) is 12.2. The third-order valence-corrected chi connectivity index (χ3v) is 6.85. The Kier molecular flexibility index (Phi) is 3.73. The van der Waals surface area contributed by atoms with E-state index in [1.807, 2.05) is 0 Å². The van der Waals surface area contributed by atoms with Crippen molar-refractivity contribution in [3.8, 4) is 0 Å². The van der Waals surface area contributed by atoms with Gasteiger partial charge in [0.2, 0.25) is 10.0 Å². The van der Waals surface area contributed by atoms with E-state index < -0.39 is 27.8 Å². The largest absolute Gasteiger partial charge is 0.255 e. The fraction of sp³-hybridized carbons (Fsp3) is 0.500. The SMILES string of the molecule is C[C@@H]1CN(S(=O)(=O)c2ccc3scnc3c2)C[C@H](C)C1(F)F. The normalized spacial score (nSPS) is 26.4. The number of sulfonamides is 1. The smallest absolute Gasteiger partial charge is 0.245 e. The van der Waals surface area contributed by atoms with Crippen LogP contribution >= 0.6 is 11.3 Å². The maximum atomic E-state index is 13.9. The van der Waals surface area contributed by atoms with Crippen LogP contribution in [0.15, 0.2) is 28.6 Å². The van der Waals surface area contributed by atoms with Gasteiger partial charge in [0.25, 0.3) is 5.92 Å². The molecule has 2 heterocycles.